The van der Waals surface area contributed by atoms with Gasteiger partial charge in [-0.3, -0.25) is 14.6 Å². The van der Waals surface area contributed by atoms with Crippen LogP contribution in [0.5, 0.6) is 0 Å². The number of piperazine rings is 1. The molecule has 0 radical (unpaired) electrons. The Hall–Kier alpha value is -2.03. The van der Waals surface area contributed by atoms with Crippen molar-refractivity contribution in [1.82, 2.24) is 19.8 Å². The highest BCUT2D eigenvalue weighted by atomic mass is 32.2. The van der Waals surface area contributed by atoms with Crippen LogP contribution in [0, 0.1) is 5.92 Å². The van der Waals surface area contributed by atoms with Gasteiger partial charge in [0.25, 0.3) is 5.91 Å². The van der Waals surface area contributed by atoms with E-state index in [0.29, 0.717) is 13.1 Å². The lowest BCUT2D eigenvalue weighted by atomic mass is 10.0. The fraction of sp³-hybridized carbons (Fsp3) is 0.600. The van der Waals surface area contributed by atoms with E-state index in [2.05, 4.69) is 9.97 Å². The molecule has 0 aromatic carbocycles. The highest BCUT2D eigenvalue weighted by Gasteiger charge is 2.49. The predicted octanol–water partition coefficient (Wildman–Crippen LogP) is -0.417. The van der Waals surface area contributed by atoms with Gasteiger partial charge in [0.1, 0.15) is 5.69 Å². The smallest absolute Gasteiger partial charge is 0.274 e. The summed E-state index contributed by atoms with van der Waals surface area (Å²) in [5.41, 5.74) is 0.184. The molecule has 2 atom stereocenters. The normalized spacial score (nSPS) is 25.6. The summed E-state index contributed by atoms with van der Waals surface area (Å²) in [6, 6.07) is -1.01. The van der Waals surface area contributed by atoms with Crippen molar-refractivity contribution in [2.45, 2.75) is 25.9 Å². The highest BCUT2D eigenvalue weighted by molar-refractivity contribution is 7.91. The molecule has 130 valence electrons. The molecule has 0 aliphatic carbocycles. The van der Waals surface area contributed by atoms with Gasteiger partial charge in [-0.2, -0.15) is 0 Å². The van der Waals surface area contributed by atoms with Crippen LogP contribution < -0.4 is 0 Å². The molecule has 2 saturated heterocycles. The third kappa shape index (κ3) is 3.00. The lowest BCUT2D eigenvalue weighted by molar-refractivity contribution is -0.139. The highest BCUT2D eigenvalue weighted by Crippen LogP contribution is 2.29. The van der Waals surface area contributed by atoms with Gasteiger partial charge in [0.15, 0.2) is 9.84 Å². The summed E-state index contributed by atoms with van der Waals surface area (Å²) in [7, 11) is -3.29. The Morgan fingerprint density at radius 2 is 1.75 bits per heavy atom. The van der Waals surface area contributed by atoms with E-state index in [0.717, 1.165) is 0 Å². The first-order chi connectivity index (χ1) is 11.3. The number of rotatable bonds is 2. The van der Waals surface area contributed by atoms with E-state index < -0.39 is 21.9 Å². The summed E-state index contributed by atoms with van der Waals surface area (Å²) in [6.45, 7) is 4.21. The third-order valence-corrected chi connectivity index (χ3v) is 6.19. The Labute approximate surface area is 140 Å². The Kier molecular flexibility index (Phi) is 4.29. The van der Waals surface area contributed by atoms with Crippen LogP contribution in [0.15, 0.2) is 18.6 Å². The van der Waals surface area contributed by atoms with Gasteiger partial charge in [0, 0.05) is 31.4 Å². The zero-order chi connectivity index (χ0) is 17.5. The standard InChI is InChI=1S/C15H20N4O4S/c1-10(2)14(20)18-5-6-19(13-9-24(22,23)8-12(13)18)15(21)11-7-16-3-4-17-11/h3-4,7,10,12-13H,5-6,8-9H2,1-2H3/t12-,13+/m0/s1. The summed E-state index contributed by atoms with van der Waals surface area (Å²) in [5, 5.41) is 0. The van der Waals surface area contributed by atoms with Crippen molar-refractivity contribution in [2.75, 3.05) is 24.6 Å². The number of hydrogen-bond acceptors (Lipinski definition) is 6. The van der Waals surface area contributed by atoms with Crippen molar-refractivity contribution in [3.05, 3.63) is 24.3 Å². The van der Waals surface area contributed by atoms with E-state index in [1.807, 2.05) is 0 Å². The van der Waals surface area contributed by atoms with Crippen LogP contribution >= 0.6 is 0 Å². The number of sulfone groups is 1. The van der Waals surface area contributed by atoms with Gasteiger partial charge in [-0.05, 0) is 0 Å². The SMILES string of the molecule is CC(C)C(=O)N1CCN(C(=O)c2cnccn2)[C@@H]2CS(=O)(=O)C[C@@H]21. The Morgan fingerprint density at radius 1 is 1.12 bits per heavy atom. The molecule has 1 aromatic rings. The quantitative estimate of drug-likeness (QED) is 0.717. The molecule has 0 saturated carbocycles. The van der Waals surface area contributed by atoms with Gasteiger partial charge in [0.05, 0.1) is 29.8 Å². The van der Waals surface area contributed by atoms with Crippen LogP contribution in [0.25, 0.3) is 0 Å². The van der Waals surface area contributed by atoms with Crippen molar-refractivity contribution in [3.8, 4) is 0 Å². The second kappa shape index (κ2) is 6.12. The Balaban J connectivity index is 1.90. The molecule has 8 nitrogen and oxygen atoms in total. The van der Waals surface area contributed by atoms with E-state index >= 15 is 0 Å². The first kappa shape index (κ1) is 16.8. The number of carbonyl (C=O) groups excluding carboxylic acids is 2. The van der Waals surface area contributed by atoms with Crippen molar-refractivity contribution in [2.24, 2.45) is 5.92 Å². The maximum atomic E-state index is 12.7. The number of aromatic nitrogens is 2. The number of hydrogen-bond donors (Lipinski definition) is 0. The van der Waals surface area contributed by atoms with Crippen molar-refractivity contribution >= 4 is 21.7 Å². The van der Waals surface area contributed by atoms with E-state index in [-0.39, 0.29) is 34.9 Å². The zero-order valence-electron chi connectivity index (χ0n) is 13.6. The zero-order valence-corrected chi connectivity index (χ0v) is 14.4. The van der Waals surface area contributed by atoms with Crippen LogP contribution in [0.2, 0.25) is 0 Å². The van der Waals surface area contributed by atoms with Gasteiger partial charge >= 0.3 is 0 Å². The topological polar surface area (TPSA) is 101 Å². The molecule has 24 heavy (non-hydrogen) atoms. The minimum atomic E-state index is -3.29. The summed E-state index contributed by atoms with van der Waals surface area (Å²) < 4.78 is 24.3. The van der Waals surface area contributed by atoms with E-state index in [1.165, 1.54) is 23.5 Å². The molecule has 0 bridgehead atoms. The summed E-state index contributed by atoms with van der Waals surface area (Å²) in [6.07, 6.45) is 4.26. The molecule has 1 aromatic heterocycles. The van der Waals surface area contributed by atoms with Crippen LogP contribution in [-0.2, 0) is 14.6 Å². The molecule has 9 heteroatoms. The van der Waals surface area contributed by atoms with Gasteiger partial charge < -0.3 is 9.80 Å². The van der Waals surface area contributed by atoms with Crippen LogP contribution in [-0.4, -0.2) is 76.7 Å². The molecular formula is C15H20N4O4S. The van der Waals surface area contributed by atoms with E-state index in [1.54, 1.807) is 18.7 Å². The van der Waals surface area contributed by atoms with Gasteiger partial charge in [-0.15, -0.1) is 0 Å². The first-order valence-corrected chi connectivity index (χ1v) is 9.70. The minimum Gasteiger partial charge on any atom is -0.335 e. The largest absolute Gasteiger partial charge is 0.335 e. The number of carbonyl (C=O) groups is 2. The van der Waals surface area contributed by atoms with Gasteiger partial charge in [0.2, 0.25) is 5.91 Å². The van der Waals surface area contributed by atoms with Crippen molar-refractivity contribution < 1.29 is 18.0 Å². The first-order valence-electron chi connectivity index (χ1n) is 7.88. The molecule has 3 rings (SSSR count). The monoisotopic (exact) mass is 352 g/mol. The maximum Gasteiger partial charge on any atom is 0.274 e. The molecule has 2 aliphatic heterocycles. The Morgan fingerprint density at radius 3 is 2.33 bits per heavy atom. The fourth-order valence-corrected chi connectivity index (χ4v) is 5.35. The van der Waals surface area contributed by atoms with E-state index in [4.69, 9.17) is 0 Å². The van der Waals surface area contributed by atoms with Crippen molar-refractivity contribution in [1.29, 1.82) is 0 Å². The van der Waals surface area contributed by atoms with Crippen LogP contribution in [0.4, 0.5) is 0 Å². The second-order valence-electron chi connectivity index (χ2n) is 6.49. The average molecular weight is 352 g/mol. The lowest BCUT2D eigenvalue weighted by Gasteiger charge is -2.44. The molecule has 3 heterocycles. The summed E-state index contributed by atoms with van der Waals surface area (Å²) in [5.74, 6) is -0.844. The molecule has 2 fully saturated rings. The van der Waals surface area contributed by atoms with Gasteiger partial charge in [-0.1, -0.05) is 13.8 Å². The maximum absolute atomic E-state index is 12.7. The van der Waals surface area contributed by atoms with E-state index in [9.17, 15) is 18.0 Å². The van der Waals surface area contributed by atoms with Gasteiger partial charge in [-0.25, -0.2) is 13.4 Å². The van der Waals surface area contributed by atoms with Crippen molar-refractivity contribution in [3.63, 3.8) is 0 Å². The molecule has 0 N–H and O–H groups in total. The molecule has 0 spiro atoms. The molecule has 2 amide bonds. The third-order valence-electron chi connectivity index (χ3n) is 4.50. The number of fused-ring (bicyclic) bond motifs is 1. The Bertz CT molecular complexity index is 750. The molecular weight excluding hydrogens is 332 g/mol. The van der Waals surface area contributed by atoms with Crippen LogP contribution in [0.1, 0.15) is 24.3 Å². The summed E-state index contributed by atoms with van der Waals surface area (Å²) >= 11 is 0. The molecule has 0 unspecified atom stereocenters. The minimum absolute atomic E-state index is 0.0753. The second-order valence-corrected chi connectivity index (χ2v) is 8.64. The average Bonchev–Trinajstić information content (AvgIpc) is 2.88. The lowest BCUT2D eigenvalue weighted by Crippen LogP contribution is -2.62. The molecule has 2 aliphatic rings. The van der Waals surface area contributed by atoms with Crippen LogP contribution in [0.3, 0.4) is 0 Å². The predicted molar refractivity (Wildman–Crippen MR) is 85.8 cm³/mol. The number of amides is 2. The number of nitrogens with zero attached hydrogens (tertiary/aromatic N) is 4. The summed E-state index contributed by atoms with van der Waals surface area (Å²) in [4.78, 5) is 36.1. The fourth-order valence-electron chi connectivity index (χ4n) is 3.37.